The van der Waals surface area contributed by atoms with Crippen molar-refractivity contribution in [2.75, 3.05) is 12.4 Å². The molecule has 0 saturated carbocycles. The van der Waals surface area contributed by atoms with Gasteiger partial charge in [-0.1, -0.05) is 0 Å². The summed E-state index contributed by atoms with van der Waals surface area (Å²) in [5.74, 6) is 0.474. The molecule has 0 spiro atoms. The number of anilines is 1. The number of carbonyl (C=O) groups excluding carboxylic acids is 1. The van der Waals surface area contributed by atoms with Crippen molar-refractivity contribution in [2.24, 2.45) is 0 Å². The van der Waals surface area contributed by atoms with Crippen LogP contribution in [0.2, 0.25) is 0 Å². The zero-order valence-electron chi connectivity index (χ0n) is 7.00. The molecule has 1 heterocycles. The average Bonchev–Trinajstić information content (AvgIpc) is 2.04. The highest BCUT2D eigenvalue weighted by molar-refractivity contribution is 5.90. The number of ether oxygens (including phenoxy) is 1. The standard InChI is InChI=1S/C8H10N2O2/c1-6(11)10-7-5-9-4-3-8(7)12-2/h3-5H,1-2H3,(H,10,11). The molecule has 4 heteroatoms. The molecule has 0 radical (unpaired) electrons. The van der Waals surface area contributed by atoms with Crippen molar-refractivity contribution in [1.82, 2.24) is 4.98 Å². The molecule has 1 rings (SSSR count). The van der Waals surface area contributed by atoms with Gasteiger partial charge in [-0.3, -0.25) is 9.78 Å². The summed E-state index contributed by atoms with van der Waals surface area (Å²) in [5.41, 5.74) is 0.590. The number of nitrogens with one attached hydrogen (secondary N) is 1. The molecule has 4 nitrogen and oxygen atoms in total. The number of nitrogens with zero attached hydrogens (tertiary/aromatic N) is 1. The van der Waals surface area contributed by atoms with E-state index < -0.39 is 0 Å². The second kappa shape index (κ2) is 3.71. The Balaban J connectivity index is 2.89. The average molecular weight is 166 g/mol. The fraction of sp³-hybridized carbons (Fsp3) is 0.250. The van der Waals surface area contributed by atoms with Gasteiger partial charge in [0.15, 0.2) is 0 Å². The summed E-state index contributed by atoms with van der Waals surface area (Å²) in [6.07, 6.45) is 3.14. The molecule has 0 aliphatic rings. The van der Waals surface area contributed by atoms with Crippen molar-refractivity contribution >= 4 is 11.6 Å². The second-order valence-corrected chi connectivity index (χ2v) is 2.26. The fourth-order valence-electron chi connectivity index (χ4n) is 0.843. The lowest BCUT2D eigenvalue weighted by atomic mass is 10.4. The second-order valence-electron chi connectivity index (χ2n) is 2.26. The summed E-state index contributed by atoms with van der Waals surface area (Å²) >= 11 is 0. The van der Waals surface area contributed by atoms with Gasteiger partial charge in [-0.25, -0.2) is 0 Å². The molecular formula is C8H10N2O2. The minimum Gasteiger partial charge on any atom is -0.494 e. The molecule has 0 saturated heterocycles. The van der Waals surface area contributed by atoms with Gasteiger partial charge >= 0.3 is 0 Å². The first-order valence-electron chi connectivity index (χ1n) is 3.49. The van der Waals surface area contributed by atoms with Gasteiger partial charge < -0.3 is 10.1 Å². The van der Waals surface area contributed by atoms with Gasteiger partial charge in [0.2, 0.25) is 5.91 Å². The van der Waals surface area contributed by atoms with E-state index in [1.807, 2.05) is 0 Å². The van der Waals surface area contributed by atoms with E-state index in [1.54, 1.807) is 25.6 Å². The molecule has 0 bridgehead atoms. The summed E-state index contributed by atoms with van der Waals surface area (Å²) in [5, 5.41) is 2.60. The monoisotopic (exact) mass is 166 g/mol. The van der Waals surface area contributed by atoms with Crippen LogP contribution in [0.4, 0.5) is 5.69 Å². The van der Waals surface area contributed by atoms with E-state index >= 15 is 0 Å². The van der Waals surface area contributed by atoms with Crippen LogP contribution < -0.4 is 10.1 Å². The van der Waals surface area contributed by atoms with Crippen LogP contribution in [0.1, 0.15) is 6.92 Å². The van der Waals surface area contributed by atoms with E-state index in [0.717, 1.165) is 0 Å². The Morgan fingerprint density at radius 2 is 2.42 bits per heavy atom. The molecule has 1 amide bonds. The van der Waals surface area contributed by atoms with Crippen LogP contribution in [-0.2, 0) is 4.79 Å². The van der Waals surface area contributed by atoms with Crippen LogP contribution in [0, 0.1) is 0 Å². The number of aromatic nitrogens is 1. The first-order valence-corrected chi connectivity index (χ1v) is 3.49. The predicted molar refractivity (Wildman–Crippen MR) is 45.1 cm³/mol. The third-order valence-electron chi connectivity index (χ3n) is 1.31. The Hall–Kier alpha value is -1.58. The lowest BCUT2D eigenvalue weighted by Crippen LogP contribution is -2.07. The van der Waals surface area contributed by atoms with Crippen molar-refractivity contribution in [2.45, 2.75) is 6.92 Å². The summed E-state index contributed by atoms with van der Waals surface area (Å²) < 4.78 is 4.99. The molecule has 12 heavy (non-hydrogen) atoms. The SMILES string of the molecule is COc1ccncc1NC(C)=O. The Bertz CT molecular complexity index is 286. The number of carbonyl (C=O) groups is 1. The highest BCUT2D eigenvalue weighted by atomic mass is 16.5. The van der Waals surface area contributed by atoms with E-state index in [-0.39, 0.29) is 5.91 Å². The quantitative estimate of drug-likeness (QED) is 0.714. The van der Waals surface area contributed by atoms with Crippen molar-refractivity contribution in [3.05, 3.63) is 18.5 Å². The predicted octanol–water partition coefficient (Wildman–Crippen LogP) is 1.05. The molecule has 1 N–H and O–H groups in total. The van der Waals surface area contributed by atoms with Crippen molar-refractivity contribution in [3.63, 3.8) is 0 Å². The first-order chi connectivity index (χ1) is 5.74. The third-order valence-corrected chi connectivity index (χ3v) is 1.31. The maximum Gasteiger partial charge on any atom is 0.221 e. The smallest absolute Gasteiger partial charge is 0.221 e. The summed E-state index contributed by atoms with van der Waals surface area (Å²) in [6, 6.07) is 1.69. The molecule has 1 aromatic heterocycles. The molecule has 0 aliphatic carbocycles. The topological polar surface area (TPSA) is 51.2 Å². The minimum atomic E-state index is -0.138. The maximum absolute atomic E-state index is 10.7. The van der Waals surface area contributed by atoms with Gasteiger partial charge in [-0.05, 0) is 0 Å². The lowest BCUT2D eigenvalue weighted by molar-refractivity contribution is -0.114. The van der Waals surface area contributed by atoms with Crippen LogP contribution in [-0.4, -0.2) is 18.0 Å². The van der Waals surface area contributed by atoms with Crippen molar-refractivity contribution in [1.29, 1.82) is 0 Å². The zero-order valence-corrected chi connectivity index (χ0v) is 7.00. The van der Waals surface area contributed by atoms with Crippen LogP contribution in [0.5, 0.6) is 5.75 Å². The van der Waals surface area contributed by atoms with E-state index in [0.29, 0.717) is 11.4 Å². The van der Waals surface area contributed by atoms with Crippen LogP contribution in [0.15, 0.2) is 18.5 Å². The zero-order chi connectivity index (χ0) is 8.97. The van der Waals surface area contributed by atoms with Gasteiger partial charge in [0.05, 0.1) is 13.3 Å². The lowest BCUT2D eigenvalue weighted by Gasteiger charge is -2.06. The molecule has 0 aliphatic heterocycles. The highest BCUT2D eigenvalue weighted by Gasteiger charge is 2.02. The Morgan fingerprint density at radius 1 is 1.67 bits per heavy atom. The maximum atomic E-state index is 10.7. The number of methoxy groups -OCH3 is 1. The number of hydrogen-bond acceptors (Lipinski definition) is 3. The van der Waals surface area contributed by atoms with Crippen LogP contribution in [0.3, 0.4) is 0 Å². The number of amides is 1. The van der Waals surface area contributed by atoms with Gasteiger partial charge in [-0.2, -0.15) is 0 Å². The Morgan fingerprint density at radius 3 is 3.00 bits per heavy atom. The van der Waals surface area contributed by atoms with Crippen LogP contribution in [0.25, 0.3) is 0 Å². The summed E-state index contributed by atoms with van der Waals surface area (Å²) in [4.78, 5) is 14.5. The van der Waals surface area contributed by atoms with Crippen molar-refractivity contribution < 1.29 is 9.53 Å². The number of rotatable bonds is 2. The Kier molecular flexibility index (Phi) is 2.63. The molecule has 0 unspecified atom stereocenters. The molecule has 0 fully saturated rings. The summed E-state index contributed by atoms with van der Waals surface area (Å²) in [6.45, 7) is 1.44. The molecule has 1 aromatic rings. The normalized spacial score (nSPS) is 9.17. The molecule has 64 valence electrons. The van der Waals surface area contributed by atoms with E-state index in [9.17, 15) is 4.79 Å². The highest BCUT2D eigenvalue weighted by Crippen LogP contribution is 2.21. The van der Waals surface area contributed by atoms with E-state index in [4.69, 9.17) is 4.74 Å². The van der Waals surface area contributed by atoms with Crippen LogP contribution >= 0.6 is 0 Å². The van der Waals surface area contributed by atoms with E-state index in [2.05, 4.69) is 10.3 Å². The first kappa shape index (κ1) is 8.52. The Labute approximate surface area is 70.6 Å². The fourth-order valence-corrected chi connectivity index (χ4v) is 0.843. The largest absolute Gasteiger partial charge is 0.494 e. The van der Waals surface area contributed by atoms with Gasteiger partial charge in [0.1, 0.15) is 11.4 Å². The van der Waals surface area contributed by atoms with Gasteiger partial charge in [-0.15, -0.1) is 0 Å². The molecular weight excluding hydrogens is 156 g/mol. The van der Waals surface area contributed by atoms with Gasteiger partial charge in [0.25, 0.3) is 0 Å². The summed E-state index contributed by atoms with van der Waals surface area (Å²) in [7, 11) is 1.54. The van der Waals surface area contributed by atoms with Gasteiger partial charge in [0, 0.05) is 19.2 Å². The molecule has 0 aromatic carbocycles. The number of pyridine rings is 1. The third kappa shape index (κ3) is 1.95. The van der Waals surface area contributed by atoms with Crippen molar-refractivity contribution in [3.8, 4) is 5.75 Å². The minimum absolute atomic E-state index is 0.138. The molecule has 0 atom stereocenters. The number of hydrogen-bond donors (Lipinski definition) is 1. The van der Waals surface area contributed by atoms with E-state index in [1.165, 1.54) is 6.92 Å².